The first-order chi connectivity index (χ1) is 23.3. The maximum absolute atomic E-state index is 14.8. The molecular weight excluding hydrogens is 664 g/mol. The van der Waals surface area contributed by atoms with Gasteiger partial charge in [0, 0.05) is 30.1 Å². The predicted octanol–water partition coefficient (Wildman–Crippen LogP) is 1.32. The Morgan fingerprint density at radius 3 is 2.22 bits per heavy atom. The molecule has 0 bridgehead atoms. The molecule has 13 nitrogen and oxygen atoms in total. The van der Waals surface area contributed by atoms with E-state index in [-0.39, 0.29) is 36.7 Å². The minimum atomic E-state index is -2.08. The Bertz CT molecular complexity index is 1510. The van der Waals surface area contributed by atoms with Crippen LogP contribution in [0.15, 0.2) is 23.8 Å². The summed E-state index contributed by atoms with van der Waals surface area (Å²) in [6.07, 6.45) is -4.90. The molecule has 14 atom stereocenters. The van der Waals surface area contributed by atoms with E-state index in [9.17, 15) is 49.8 Å². The number of aliphatic hydroxyl groups excluding tert-OH is 5. The van der Waals surface area contributed by atoms with E-state index >= 15 is 0 Å². The van der Waals surface area contributed by atoms with Crippen LogP contribution < -0.4 is 0 Å². The average Bonchev–Trinajstić information content (AvgIpc) is 3.22. The van der Waals surface area contributed by atoms with E-state index in [4.69, 9.17) is 14.2 Å². The van der Waals surface area contributed by atoms with Crippen molar-refractivity contribution in [3.63, 3.8) is 0 Å². The molecule has 1 heterocycles. The van der Waals surface area contributed by atoms with Crippen molar-refractivity contribution < 1.29 is 64.0 Å². The van der Waals surface area contributed by atoms with E-state index in [2.05, 4.69) is 0 Å². The lowest BCUT2D eigenvalue weighted by Crippen LogP contribution is -2.66. The van der Waals surface area contributed by atoms with Crippen molar-refractivity contribution >= 4 is 23.3 Å². The third kappa shape index (κ3) is 6.00. The molecule has 6 N–H and O–H groups in total. The second-order valence-electron chi connectivity index (χ2n) is 17.6. The highest BCUT2D eigenvalue weighted by Gasteiger charge is 2.74. The lowest BCUT2D eigenvalue weighted by Gasteiger charge is -2.64. The second kappa shape index (κ2) is 12.9. The van der Waals surface area contributed by atoms with Crippen molar-refractivity contribution in [1.29, 1.82) is 0 Å². The van der Waals surface area contributed by atoms with Crippen molar-refractivity contribution in [2.75, 3.05) is 6.61 Å². The van der Waals surface area contributed by atoms with Crippen LogP contribution in [0, 0.1) is 39.4 Å². The SMILES string of the molecule is CC(=O)OC(C)(C)/C=C/C(=O)C(C)(O)C1C(O)CC2(C)C3CC=C4C(CC(O[C@@H]5O[C@H](CO)[C@@H](O)[C@H](O)[C@H]5O)C(=O)C4(C)C)C3(C)C(=O)CC12C. The summed E-state index contributed by atoms with van der Waals surface area (Å²) in [7, 11) is 0. The summed E-state index contributed by atoms with van der Waals surface area (Å²) in [6, 6.07) is 0. The van der Waals surface area contributed by atoms with E-state index in [1.807, 2.05) is 26.8 Å². The quantitative estimate of drug-likeness (QED) is 0.119. The molecule has 1 saturated heterocycles. The highest BCUT2D eigenvalue weighted by atomic mass is 16.7. The van der Waals surface area contributed by atoms with Gasteiger partial charge in [0.15, 0.2) is 17.9 Å². The second-order valence-corrected chi connectivity index (χ2v) is 17.6. The molecule has 0 amide bonds. The Hall–Kier alpha value is -2.36. The van der Waals surface area contributed by atoms with Gasteiger partial charge in [0.05, 0.1) is 12.7 Å². The maximum Gasteiger partial charge on any atom is 0.303 e. The molecule has 0 radical (unpaired) electrons. The molecule has 4 aliphatic carbocycles. The monoisotopic (exact) mass is 720 g/mol. The average molecular weight is 721 g/mol. The Labute approximate surface area is 299 Å². The van der Waals surface area contributed by atoms with Gasteiger partial charge >= 0.3 is 5.97 Å². The number of carbonyl (C=O) groups excluding carboxylic acids is 4. The number of Topliss-reactive ketones (excluding diaryl/α,β-unsaturated/α-hetero) is 2. The lowest BCUT2D eigenvalue weighted by molar-refractivity contribution is -0.311. The van der Waals surface area contributed by atoms with Crippen LogP contribution >= 0.6 is 0 Å². The van der Waals surface area contributed by atoms with Gasteiger partial charge in [-0.25, -0.2) is 0 Å². The molecule has 5 rings (SSSR count). The smallest absolute Gasteiger partial charge is 0.303 e. The number of hydrogen-bond donors (Lipinski definition) is 6. The number of rotatable bonds is 8. The number of allylic oxidation sites excluding steroid dienone is 2. The third-order valence-electron chi connectivity index (χ3n) is 13.7. The third-order valence-corrected chi connectivity index (χ3v) is 13.7. The first kappa shape index (κ1) is 39.8. The number of carbonyl (C=O) groups is 4. The molecule has 0 aromatic carbocycles. The zero-order chi connectivity index (χ0) is 38.4. The van der Waals surface area contributed by atoms with Gasteiger partial charge in [-0.3, -0.25) is 19.2 Å². The molecule has 286 valence electrons. The van der Waals surface area contributed by atoms with Crippen LogP contribution in [-0.4, -0.2) is 115 Å². The highest BCUT2D eigenvalue weighted by molar-refractivity contribution is 5.98. The van der Waals surface area contributed by atoms with E-state index < -0.39 is 106 Å². The number of ether oxygens (including phenoxy) is 3. The molecule has 0 aromatic rings. The number of esters is 1. The van der Waals surface area contributed by atoms with Crippen LogP contribution in [0.1, 0.15) is 88.0 Å². The van der Waals surface area contributed by atoms with Crippen molar-refractivity contribution in [1.82, 2.24) is 0 Å². The summed E-state index contributed by atoms with van der Waals surface area (Å²) in [4.78, 5) is 54.0. The fourth-order valence-corrected chi connectivity index (χ4v) is 10.8. The van der Waals surface area contributed by atoms with Crippen LogP contribution in [0.5, 0.6) is 0 Å². The van der Waals surface area contributed by atoms with Crippen LogP contribution in [0.25, 0.3) is 0 Å². The summed E-state index contributed by atoms with van der Waals surface area (Å²) in [5.74, 6) is -3.56. The van der Waals surface area contributed by atoms with Crippen LogP contribution in [0.2, 0.25) is 0 Å². The molecule has 13 heteroatoms. The number of hydrogen-bond acceptors (Lipinski definition) is 13. The zero-order valence-corrected chi connectivity index (χ0v) is 31.1. The van der Waals surface area contributed by atoms with E-state index in [0.29, 0.717) is 6.42 Å². The number of ketones is 3. The molecule has 1 aliphatic heterocycles. The molecule has 51 heavy (non-hydrogen) atoms. The van der Waals surface area contributed by atoms with E-state index in [1.165, 1.54) is 19.9 Å². The van der Waals surface area contributed by atoms with Gasteiger partial charge in [0.25, 0.3) is 0 Å². The molecule has 0 spiro atoms. The van der Waals surface area contributed by atoms with Crippen molar-refractivity contribution in [3.8, 4) is 0 Å². The normalized spacial score (nSPS) is 45.0. The van der Waals surface area contributed by atoms with Gasteiger partial charge in [-0.15, -0.1) is 0 Å². The van der Waals surface area contributed by atoms with Gasteiger partial charge < -0.3 is 44.8 Å². The summed E-state index contributed by atoms with van der Waals surface area (Å²) >= 11 is 0. The fraction of sp³-hybridized carbons (Fsp3) is 0.789. The van der Waals surface area contributed by atoms with Gasteiger partial charge in [-0.05, 0) is 88.7 Å². The Balaban J connectivity index is 1.48. The van der Waals surface area contributed by atoms with E-state index in [1.54, 1.807) is 27.7 Å². The standard InChI is InChI=1S/C38H56O13/c1-18(40)51-33(2,3)13-12-25(42)38(9,48)30-21(41)15-35(6)24-11-10-19-20(37(24,8)26(43)16-36(30,35)7)14-22(31(47)34(19,4)5)49-32-29(46)28(45)27(44)23(17-39)50-32/h10,12-13,20-24,27-30,32,39,41,44-46,48H,11,14-17H2,1-9H3/b13-12+/t20?,21?,22?,23-,24?,27-,28+,29-,30?,32-,35?,36?,37?,38?/m1/s1. The summed E-state index contributed by atoms with van der Waals surface area (Å²) < 4.78 is 16.9. The maximum atomic E-state index is 14.8. The first-order valence-corrected chi connectivity index (χ1v) is 17.9. The first-order valence-electron chi connectivity index (χ1n) is 17.9. The van der Waals surface area contributed by atoms with Crippen molar-refractivity contribution in [2.24, 2.45) is 39.4 Å². The fourth-order valence-electron chi connectivity index (χ4n) is 10.8. The lowest BCUT2D eigenvalue weighted by atomic mass is 9.38. The van der Waals surface area contributed by atoms with Crippen LogP contribution in [0.3, 0.4) is 0 Å². The number of aliphatic hydroxyl groups is 6. The van der Waals surface area contributed by atoms with Crippen molar-refractivity contribution in [2.45, 2.75) is 142 Å². The zero-order valence-electron chi connectivity index (χ0n) is 31.1. The van der Waals surface area contributed by atoms with Crippen LogP contribution in [0.4, 0.5) is 0 Å². The molecule has 0 aromatic heterocycles. The van der Waals surface area contributed by atoms with Crippen LogP contribution in [-0.2, 0) is 33.4 Å². The van der Waals surface area contributed by atoms with Gasteiger partial charge in [-0.1, -0.05) is 32.4 Å². The molecule has 5 aliphatic rings. The highest BCUT2D eigenvalue weighted by Crippen LogP contribution is 2.74. The predicted molar refractivity (Wildman–Crippen MR) is 180 cm³/mol. The molecular formula is C38H56O13. The van der Waals surface area contributed by atoms with Gasteiger partial charge in [0.1, 0.15) is 47.5 Å². The molecule has 4 fully saturated rings. The Morgan fingerprint density at radius 2 is 1.63 bits per heavy atom. The van der Waals surface area contributed by atoms with Crippen molar-refractivity contribution in [3.05, 3.63) is 23.8 Å². The molecule has 3 saturated carbocycles. The molecule has 9 unspecified atom stereocenters. The minimum Gasteiger partial charge on any atom is -0.456 e. The largest absolute Gasteiger partial charge is 0.456 e. The van der Waals surface area contributed by atoms with Gasteiger partial charge in [-0.2, -0.15) is 0 Å². The Morgan fingerprint density at radius 1 is 1.00 bits per heavy atom. The summed E-state index contributed by atoms with van der Waals surface area (Å²) in [5.41, 5.74) is -6.34. The minimum absolute atomic E-state index is 0.0549. The number of fused-ring (bicyclic) bond motifs is 5. The Kier molecular flexibility index (Phi) is 10.1. The summed E-state index contributed by atoms with van der Waals surface area (Å²) in [5, 5.41) is 64.7. The topological polar surface area (TPSA) is 217 Å². The van der Waals surface area contributed by atoms with E-state index in [0.717, 1.165) is 11.6 Å². The summed E-state index contributed by atoms with van der Waals surface area (Å²) in [6.45, 7) is 14.4. The van der Waals surface area contributed by atoms with Gasteiger partial charge in [0.2, 0.25) is 0 Å².